The van der Waals surface area contributed by atoms with Crippen LogP contribution in [0.5, 0.6) is 0 Å². The molecule has 0 radical (unpaired) electrons. The summed E-state index contributed by atoms with van der Waals surface area (Å²) < 4.78 is 1.69. The molecule has 1 aromatic rings. The summed E-state index contributed by atoms with van der Waals surface area (Å²) in [5.41, 5.74) is 0.992. The molecule has 1 aliphatic rings. The third-order valence-electron chi connectivity index (χ3n) is 3.63. The highest BCUT2D eigenvalue weighted by Gasteiger charge is 2.23. The molecule has 2 rings (SSSR count). The summed E-state index contributed by atoms with van der Waals surface area (Å²) in [4.78, 5) is 11.6. The van der Waals surface area contributed by atoms with Crippen molar-refractivity contribution in [3.8, 4) is 0 Å². The van der Waals surface area contributed by atoms with E-state index in [0.717, 1.165) is 25.1 Å². The average molecular weight is 264 g/mol. The standard InChI is InChI=1S/C14H24N4O/c1-3-11(4-2)7-15-13-8-16-18(9-13)10-14(19)17-12-5-6-12/h8-9,11-12,15H,3-7,10H2,1-2H3,(H,17,19). The maximum atomic E-state index is 11.6. The molecule has 0 saturated heterocycles. The minimum Gasteiger partial charge on any atom is -0.382 e. The highest BCUT2D eigenvalue weighted by atomic mass is 16.2. The second-order valence-corrected chi connectivity index (χ2v) is 5.33. The van der Waals surface area contributed by atoms with Crippen LogP contribution in [0.15, 0.2) is 12.4 Å². The first kappa shape index (κ1) is 13.9. The van der Waals surface area contributed by atoms with Crippen LogP contribution in [0.3, 0.4) is 0 Å². The third-order valence-corrected chi connectivity index (χ3v) is 3.63. The highest BCUT2D eigenvalue weighted by Crippen LogP contribution is 2.18. The third kappa shape index (κ3) is 4.58. The Bertz CT molecular complexity index is 407. The maximum Gasteiger partial charge on any atom is 0.241 e. The van der Waals surface area contributed by atoms with Crippen molar-refractivity contribution in [2.24, 2.45) is 5.92 Å². The summed E-state index contributed by atoms with van der Waals surface area (Å²) in [6.07, 6.45) is 8.28. The van der Waals surface area contributed by atoms with Crippen molar-refractivity contribution in [1.82, 2.24) is 15.1 Å². The molecule has 106 valence electrons. The Kier molecular flexibility index (Phi) is 4.82. The fourth-order valence-electron chi connectivity index (χ4n) is 2.03. The molecule has 0 aromatic carbocycles. The van der Waals surface area contributed by atoms with Gasteiger partial charge >= 0.3 is 0 Å². The highest BCUT2D eigenvalue weighted by molar-refractivity contribution is 5.76. The lowest BCUT2D eigenvalue weighted by Gasteiger charge is -2.12. The van der Waals surface area contributed by atoms with Gasteiger partial charge in [0.1, 0.15) is 6.54 Å². The quantitative estimate of drug-likeness (QED) is 0.755. The summed E-state index contributed by atoms with van der Waals surface area (Å²) in [7, 11) is 0. The molecule has 2 N–H and O–H groups in total. The van der Waals surface area contributed by atoms with E-state index in [2.05, 4.69) is 29.6 Å². The van der Waals surface area contributed by atoms with Crippen molar-refractivity contribution in [3.63, 3.8) is 0 Å². The maximum absolute atomic E-state index is 11.6. The van der Waals surface area contributed by atoms with E-state index >= 15 is 0 Å². The van der Waals surface area contributed by atoms with Crippen LogP contribution in [0, 0.1) is 5.92 Å². The van der Waals surface area contributed by atoms with Crippen molar-refractivity contribution in [2.45, 2.75) is 52.1 Å². The Morgan fingerprint density at radius 1 is 1.47 bits per heavy atom. The second kappa shape index (κ2) is 6.59. The van der Waals surface area contributed by atoms with Crippen molar-refractivity contribution < 1.29 is 4.79 Å². The fourth-order valence-corrected chi connectivity index (χ4v) is 2.03. The lowest BCUT2D eigenvalue weighted by atomic mass is 10.0. The number of carbonyl (C=O) groups excluding carboxylic acids is 1. The van der Waals surface area contributed by atoms with Gasteiger partial charge in [-0.3, -0.25) is 9.48 Å². The van der Waals surface area contributed by atoms with Crippen LogP contribution >= 0.6 is 0 Å². The van der Waals surface area contributed by atoms with Crippen LogP contribution in [0.1, 0.15) is 39.5 Å². The van der Waals surface area contributed by atoms with Gasteiger partial charge in [-0.1, -0.05) is 26.7 Å². The SMILES string of the molecule is CCC(CC)CNc1cnn(CC(=O)NC2CC2)c1. The number of nitrogens with one attached hydrogen (secondary N) is 2. The molecule has 0 aliphatic heterocycles. The number of hydrogen-bond acceptors (Lipinski definition) is 3. The van der Waals surface area contributed by atoms with E-state index in [4.69, 9.17) is 0 Å². The molecule has 5 nitrogen and oxygen atoms in total. The number of amides is 1. The van der Waals surface area contributed by atoms with E-state index < -0.39 is 0 Å². The van der Waals surface area contributed by atoms with Gasteiger partial charge < -0.3 is 10.6 Å². The number of rotatable bonds is 8. The molecule has 0 spiro atoms. The van der Waals surface area contributed by atoms with E-state index in [0.29, 0.717) is 18.5 Å². The number of aromatic nitrogens is 2. The molecule has 5 heteroatoms. The minimum atomic E-state index is 0.0529. The lowest BCUT2D eigenvalue weighted by molar-refractivity contribution is -0.122. The first-order valence-electron chi connectivity index (χ1n) is 7.27. The van der Waals surface area contributed by atoms with Gasteiger partial charge in [-0.15, -0.1) is 0 Å². The minimum absolute atomic E-state index is 0.0529. The number of hydrogen-bond donors (Lipinski definition) is 2. The van der Waals surface area contributed by atoms with Crippen LogP contribution < -0.4 is 10.6 Å². The molecule has 0 bridgehead atoms. The number of nitrogens with zero attached hydrogens (tertiary/aromatic N) is 2. The molecule has 0 unspecified atom stereocenters. The smallest absolute Gasteiger partial charge is 0.241 e. The van der Waals surface area contributed by atoms with E-state index in [-0.39, 0.29) is 5.91 Å². The Morgan fingerprint density at radius 2 is 2.21 bits per heavy atom. The first-order valence-corrected chi connectivity index (χ1v) is 7.27. The van der Waals surface area contributed by atoms with Crippen LogP contribution in [-0.2, 0) is 11.3 Å². The van der Waals surface area contributed by atoms with Gasteiger partial charge in [0.15, 0.2) is 0 Å². The zero-order chi connectivity index (χ0) is 13.7. The topological polar surface area (TPSA) is 59.0 Å². The molecule has 1 saturated carbocycles. The Labute approximate surface area is 114 Å². The van der Waals surface area contributed by atoms with Crippen LogP contribution in [-0.4, -0.2) is 28.3 Å². The summed E-state index contributed by atoms with van der Waals surface area (Å²) in [6, 6.07) is 0.413. The van der Waals surface area contributed by atoms with Crippen LogP contribution in [0.2, 0.25) is 0 Å². The van der Waals surface area contributed by atoms with Crippen molar-refractivity contribution in [2.75, 3.05) is 11.9 Å². The summed E-state index contributed by atoms with van der Waals surface area (Å²) in [5.74, 6) is 0.749. The van der Waals surface area contributed by atoms with Crippen LogP contribution in [0.25, 0.3) is 0 Å². The number of carbonyl (C=O) groups is 1. The predicted molar refractivity (Wildman–Crippen MR) is 76.0 cm³/mol. The summed E-state index contributed by atoms with van der Waals surface area (Å²) in [5, 5.41) is 10.5. The molecule has 19 heavy (non-hydrogen) atoms. The Morgan fingerprint density at radius 3 is 2.84 bits per heavy atom. The Hall–Kier alpha value is -1.52. The van der Waals surface area contributed by atoms with E-state index in [1.165, 1.54) is 12.8 Å². The van der Waals surface area contributed by atoms with E-state index in [1.807, 2.05) is 6.20 Å². The zero-order valence-corrected chi connectivity index (χ0v) is 11.9. The summed E-state index contributed by atoms with van der Waals surface area (Å²) in [6.45, 7) is 5.69. The molecular weight excluding hydrogens is 240 g/mol. The predicted octanol–water partition coefficient (Wildman–Crippen LogP) is 2.01. The second-order valence-electron chi connectivity index (χ2n) is 5.33. The average Bonchev–Trinajstić information content (AvgIpc) is 3.09. The van der Waals surface area contributed by atoms with Gasteiger partial charge in [0, 0.05) is 18.8 Å². The molecule has 1 fully saturated rings. The normalized spacial score (nSPS) is 14.7. The lowest BCUT2D eigenvalue weighted by Crippen LogP contribution is -2.29. The van der Waals surface area contributed by atoms with Gasteiger partial charge in [0.2, 0.25) is 5.91 Å². The van der Waals surface area contributed by atoms with E-state index in [1.54, 1.807) is 10.9 Å². The van der Waals surface area contributed by atoms with Gasteiger partial charge in [-0.05, 0) is 18.8 Å². The summed E-state index contributed by atoms with van der Waals surface area (Å²) >= 11 is 0. The van der Waals surface area contributed by atoms with Crippen molar-refractivity contribution >= 4 is 11.6 Å². The van der Waals surface area contributed by atoms with Crippen LogP contribution in [0.4, 0.5) is 5.69 Å². The van der Waals surface area contributed by atoms with Gasteiger partial charge in [0.05, 0.1) is 11.9 Å². The molecule has 0 atom stereocenters. The molecule has 1 heterocycles. The van der Waals surface area contributed by atoms with Gasteiger partial charge in [-0.2, -0.15) is 5.10 Å². The Balaban J connectivity index is 1.75. The molecule has 1 aliphatic carbocycles. The molecular formula is C14H24N4O. The largest absolute Gasteiger partial charge is 0.382 e. The van der Waals surface area contributed by atoms with E-state index in [9.17, 15) is 4.79 Å². The molecule has 1 amide bonds. The van der Waals surface area contributed by atoms with Crippen molar-refractivity contribution in [3.05, 3.63) is 12.4 Å². The number of anilines is 1. The molecule has 1 aromatic heterocycles. The van der Waals surface area contributed by atoms with Crippen molar-refractivity contribution in [1.29, 1.82) is 0 Å². The first-order chi connectivity index (χ1) is 9.21. The monoisotopic (exact) mass is 264 g/mol. The fraction of sp³-hybridized carbons (Fsp3) is 0.714. The van der Waals surface area contributed by atoms with Gasteiger partial charge in [-0.25, -0.2) is 0 Å². The van der Waals surface area contributed by atoms with Gasteiger partial charge in [0.25, 0.3) is 0 Å². The zero-order valence-electron chi connectivity index (χ0n) is 11.9.